The van der Waals surface area contributed by atoms with Gasteiger partial charge in [0, 0.05) is 23.2 Å². The van der Waals surface area contributed by atoms with Crippen LogP contribution >= 0.6 is 11.3 Å². The number of nitrogens with one attached hydrogen (secondary N) is 1. The third-order valence-electron chi connectivity index (χ3n) is 4.42. The molecule has 0 bridgehead atoms. The Kier molecular flexibility index (Phi) is 5.11. The van der Waals surface area contributed by atoms with Crippen LogP contribution in [0.25, 0.3) is 21.3 Å². The molecular weight excluding hydrogens is 368 g/mol. The number of aromatic nitrogens is 4. The highest BCUT2D eigenvalue weighted by Crippen LogP contribution is 2.38. The molecule has 4 aromatic rings. The van der Waals surface area contributed by atoms with Crippen molar-refractivity contribution >= 4 is 33.1 Å². The summed E-state index contributed by atoms with van der Waals surface area (Å²) < 4.78 is 1.94. The molecule has 1 aromatic carbocycles. The summed E-state index contributed by atoms with van der Waals surface area (Å²) in [5.41, 5.74) is 3.24. The van der Waals surface area contributed by atoms with E-state index in [1.54, 1.807) is 11.3 Å². The summed E-state index contributed by atoms with van der Waals surface area (Å²) in [4.78, 5) is 12.7. The van der Waals surface area contributed by atoms with Gasteiger partial charge in [0.2, 0.25) is 0 Å². The molecule has 3 heterocycles. The molecule has 6 nitrogen and oxygen atoms in total. The summed E-state index contributed by atoms with van der Waals surface area (Å²) in [5.74, 6) is 1.63. The van der Waals surface area contributed by atoms with E-state index in [1.807, 2.05) is 37.2 Å². The van der Waals surface area contributed by atoms with Gasteiger partial charge >= 0.3 is 0 Å². The molecule has 0 aliphatic carbocycles. The zero-order valence-corrected chi connectivity index (χ0v) is 17.4. The smallest absolute Gasteiger partial charge is 0.146 e. The molecule has 0 aliphatic rings. The fourth-order valence-corrected chi connectivity index (χ4v) is 4.05. The molecule has 3 aromatic heterocycles. The van der Waals surface area contributed by atoms with Gasteiger partial charge in [-0.3, -0.25) is 4.68 Å². The molecule has 0 amide bonds. The summed E-state index contributed by atoms with van der Waals surface area (Å²) in [6.07, 6.45) is 3.85. The predicted molar refractivity (Wildman–Crippen MR) is 116 cm³/mol. The number of nitrogens with zero attached hydrogens (tertiary/aromatic N) is 5. The van der Waals surface area contributed by atoms with Gasteiger partial charge in [-0.25, -0.2) is 9.97 Å². The first-order valence-electron chi connectivity index (χ1n) is 9.30. The van der Waals surface area contributed by atoms with Crippen LogP contribution in [0.2, 0.25) is 0 Å². The van der Waals surface area contributed by atoms with Crippen molar-refractivity contribution < 1.29 is 0 Å². The first kappa shape index (κ1) is 18.6. The Balaban J connectivity index is 1.83. The number of fused-ring (bicyclic) bond motifs is 1. The average molecular weight is 393 g/mol. The second kappa shape index (κ2) is 7.69. The van der Waals surface area contributed by atoms with E-state index in [1.165, 1.54) is 5.56 Å². The van der Waals surface area contributed by atoms with Gasteiger partial charge in [0.1, 0.15) is 16.5 Å². The Hall–Kier alpha value is -2.77. The third-order valence-corrected chi connectivity index (χ3v) is 5.29. The highest BCUT2D eigenvalue weighted by molar-refractivity contribution is 7.17. The molecule has 0 aliphatic heterocycles. The van der Waals surface area contributed by atoms with E-state index in [9.17, 15) is 0 Å². The fraction of sp³-hybridized carbons (Fsp3) is 0.286. The number of hydrogen-bond donors (Lipinski definition) is 1. The Morgan fingerprint density at radius 3 is 2.61 bits per heavy atom. The lowest BCUT2D eigenvalue weighted by Gasteiger charge is -2.12. The second-order valence-corrected chi connectivity index (χ2v) is 8.21. The third kappa shape index (κ3) is 3.76. The molecule has 0 fully saturated rings. The maximum Gasteiger partial charge on any atom is 0.146 e. The van der Waals surface area contributed by atoms with Crippen LogP contribution in [-0.4, -0.2) is 38.7 Å². The van der Waals surface area contributed by atoms with Crippen LogP contribution in [0, 0.1) is 0 Å². The van der Waals surface area contributed by atoms with Gasteiger partial charge in [-0.1, -0.05) is 30.3 Å². The van der Waals surface area contributed by atoms with Gasteiger partial charge in [-0.05, 0) is 33.5 Å². The minimum absolute atomic E-state index is 0.311. The molecule has 0 spiro atoms. The van der Waals surface area contributed by atoms with E-state index in [4.69, 9.17) is 9.97 Å². The van der Waals surface area contributed by atoms with Crippen molar-refractivity contribution in [1.82, 2.24) is 24.6 Å². The summed E-state index contributed by atoms with van der Waals surface area (Å²) in [6.45, 7) is 4.91. The Labute approximate surface area is 168 Å². The van der Waals surface area contributed by atoms with Crippen LogP contribution < -0.4 is 5.32 Å². The van der Waals surface area contributed by atoms with Gasteiger partial charge in [0.05, 0.1) is 23.8 Å². The van der Waals surface area contributed by atoms with Gasteiger partial charge in [0.15, 0.2) is 0 Å². The van der Waals surface area contributed by atoms with Crippen molar-refractivity contribution in [3.8, 4) is 11.1 Å². The highest BCUT2D eigenvalue weighted by atomic mass is 32.1. The molecule has 144 valence electrons. The van der Waals surface area contributed by atoms with Gasteiger partial charge in [-0.15, -0.1) is 11.3 Å². The topological polar surface area (TPSA) is 58.9 Å². The maximum atomic E-state index is 4.85. The zero-order valence-electron chi connectivity index (χ0n) is 16.5. The molecule has 0 atom stereocenters. The molecule has 0 radical (unpaired) electrons. The van der Waals surface area contributed by atoms with E-state index in [0.717, 1.165) is 33.1 Å². The van der Waals surface area contributed by atoms with Crippen molar-refractivity contribution in [1.29, 1.82) is 0 Å². The molecular formula is C21H24N6S. The van der Waals surface area contributed by atoms with Crippen LogP contribution in [0.3, 0.4) is 0 Å². The molecule has 0 saturated carbocycles. The molecule has 7 heteroatoms. The summed E-state index contributed by atoms with van der Waals surface area (Å²) in [7, 11) is 4.05. The normalized spacial score (nSPS) is 11.6. The number of rotatable bonds is 6. The average Bonchev–Trinajstić information content (AvgIpc) is 3.29. The zero-order chi connectivity index (χ0) is 19.7. The van der Waals surface area contributed by atoms with E-state index < -0.39 is 0 Å². The fourth-order valence-electron chi connectivity index (χ4n) is 3.08. The first-order chi connectivity index (χ1) is 13.5. The molecule has 28 heavy (non-hydrogen) atoms. The van der Waals surface area contributed by atoms with Crippen LogP contribution in [0.4, 0.5) is 11.5 Å². The lowest BCUT2D eigenvalue weighted by atomic mass is 10.1. The van der Waals surface area contributed by atoms with Crippen molar-refractivity contribution in [2.24, 2.45) is 0 Å². The number of anilines is 2. The Morgan fingerprint density at radius 1 is 1.14 bits per heavy atom. The minimum atomic E-state index is 0.311. The quantitative estimate of drug-likeness (QED) is 0.504. The van der Waals surface area contributed by atoms with E-state index in [2.05, 4.69) is 58.8 Å². The van der Waals surface area contributed by atoms with Crippen molar-refractivity contribution in [3.05, 3.63) is 53.9 Å². The van der Waals surface area contributed by atoms with E-state index in [-0.39, 0.29) is 0 Å². The number of benzene rings is 1. The molecule has 4 rings (SSSR count). The van der Waals surface area contributed by atoms with Crippen molar-refractivity contribution in [3.63, 3.8) is 0 Å². The summed E-state index contributed by atoms with van der Waals surface area (Å²) in [5, 5.41) is 11.1. The lowest BCUT2D eigenvalue weighted by molar-refractivity contribution is 0.391. The van der Waals surface area contributed by atoms with Gasteiger partial charge < -0.3 is 10.2 Å². The van der Waals surface area contributed by atoms with Gasteiger partial charge in [0.25, 0.3) is 0 Å². The predicted octanol–water partition coefficient (Wildman–Crippen LogP) is 4.94. The standard InChI is InChI=1S/C21H24N6S/c1-14(2)27-11-16(10-22-27)23-20-19-17(15-8-6-5-7-9-15)13-28-21(19)25-18(24-20)12-26(3)4/h5-11,13-14H,12H2,1-4H3,(H,23,24,25). The van der Waals surface area contributed by atoms with E-state index >= 15 is 0 Å². The van der Waals surface area contributed by atoms with Crippen molar-refractivity contribution in [2.75, 3.05) is 19.4 Å². The largest absolute Gasteiger partial charge is 0.337 e. The molecule has 0 saturated heterocycles. The van der Waals surface area contributed by atoms with Crippen LogP contribution in [0.15, 0.2) is 48.1 Å². The van der Waals surface area contributed by atoms with Crippen LogP contribution in [-0.2, 0) is 6.54 Å². The first-order valence-corrected chi connectivity index (χ1v) is 10.2. The monoisotopic (exact) mass is 392 g/mol. The Bertz CT molecular complexity index is 1080. The summed E-state index contributed by atoms with van der Waals surface area (Å²) in [6, 6.07) is 10.7. The lowest BCUT2D eigenvalue weighted by Crippen LogP contribution is -2.14. The maximum absolute atomic E-state index is 4.85. The second-order valence-electron chi connectivity index (χ2n) is 7.35. The highest BCUT2D eigenvalue weighted by Gasteiger charge is 2.16. The van der Waals surface area contributed by atoms with E-state index in [0.29, 0.717) is 12.6 Å². The van der Waals surface area contributed by atoms with Crippen molar-refractivity contribution in [2.45, 2.75) is 26.4 Å². The number of thiophene rings is 1. The number of hydrogen-bond acceptors (Lipinski definition) is 6. The minimum Gasteiger partial charge on any atom is -0.337 e. The summed E-state index contributed by atoms with van der Waals surface area (Å²) >= 11 is 1.65. The van der Waals surface area contributed by atoms with Crippen LogP contribution in [0.1, 0.15) is 25.7 Å². The van der Waals surface area contributed by atoms with Gasteiger partial charge in [-0.2, -0.15) is 5.10 Å². The van der Waals surface area contributed by atoms with Crippen LogP contribution in [0.5, 0.6) is 0 Å². The Morgan fingerprint density at radius 2 is 1.93 bits per heavy atom. The SMILES string of the molecule is CC(C)n1cc(Nc2nc(CN(C)C)nc3scc(-c4ccccc4)c23)cn1. The molecule has 0 unspecified atom stereocenters. The molecule has 1 N–H and O–H groups in total.